The molecule has 0 amide bonds. The van der Waals surface area contributed by atoms with Crippen molar-refractivity contribution in [2.75, 3.05) is 0 Å². The van der Waals surface area contributed by atoms with Gasteiger partial charge in [0.1, 0.15) is 23.2 Å². The highest BCUT2D eigenvalue weighted by atomic mass is 19.3. The Kier molecular flexibility index (Phi) is 9.27. The van der Waals surface area contributed by atoms with Crippen LogP contribution in [-0.2, 0) is 12.5 Å². The molecular weight excluding hydrogens is 600 g/mol. The van der Waals surface area contributed by atoms with Crippen LogP contribution in [0.5, 0.6) is 5.75 Å². The highest BCUT2D eigenvalue weighted by Gasteiger charge is 2.38. The number of alkyl halides is 2. The maximum absolute atomic E-state index is 15.2. The predicted octanol–water partition coefficient (Wildman–Crippen LogP) is 11.4. The topological polar surface area (TPSA) is 9.23 Å². The molecule has 0 fully saturated rings. The van der Waals surface area contributed by atoms with Gasteiger partial charge in [-0.05, 0) is 64.9 Å². The van der Waals surface area contributed by atoms with Crippen LogP contribution in [-0.4, -0.2) is 0 Å². The van der Waals surface area contributed by atoms with Crippen molar-refractivity contribution in [1.29, 1.82) is 0 Å². The molecule has 0 spiro atoms. The molecule has 0 bridgehead atoms. The summed E-state index contributed by atoms with van der Waals surface area (Å²) in [6, 6.07) is 19.0. The van der Waals surface area contributed by atoms with Crippen molar-refractivity contribution in [3.63, 3.8) is 0 Å². The van der Waals surface area contributed by atoms with Crippen LogP contribution in [0.4, 0.5) is 35.1 Å². The molecule has 0 N–H and O–H groups in total. The van der Waals surface area contributed by atoms with E-state index in [-0.39, 0.29) is 29.1 Å². The van der Waals surface area contributed by atoms with Crippen LogP contribution in [0.15, 0.2) is 91.0 Å². The molecule has 5 rings (SSSR count). The van der Waals surface area contributed by atoms with Gasteiger partial charge in [0.15, 0.2) is 17.5 Å². The maximum Gasteiger partial charge on any atom is 0.429 e. The average Bonchev–Trinajstić information content (AvgIpc) is 3.00. The molecule has 0 aliphatic carbocycles. The second-order valence-electron chi connectivity index (χ2n) is 10.6. The summed E-state index contributed by atoms with van der Waals surface area (Å²) in [5.41, 5.74) is 1.73. The molecule has 0 atom stereocenters. The van der Waals surface area contributed by atoms with Gasteiger partial charge in [-0.3, -0.25) is 0 Å². The summed E-state index contributed by atoms with van der Waals surface area (Å²) in [7, 11) is 0. The summed E-state index contributed by atoms with van der Waals surface area (Å²) in [6.07, 6.45) is -0.424. The van der Waals surface area contributed by atoms with Crippen LogP contribution in [0.1, 0.15) is 37.3 Å². The fraction of sp³-hybridized carbons (Fsp3) is 0.167. The Morgan fingerprint density at radius 1 is 0.533 bits per heavy atom. The Balaban J connectivity index is 1.33. The molecule has 0 saturated carbocycles. The first kappa shape index (κ1) is 31.8. The number of hydrogen-bond donors (Lipinski definition) is 0. The Hall–Kier alpha value is -4.66. The zero-order valence-electron chi connectivity index (χ0n) is 23.9. The van der Waals surface area contributed by atoms with Gasteiger partial charge >= 0.3 is 6.11 Å². The van der Waals surface area contributed by atoms with Crippen LogP contribution in [0.25, 0.3) is 33.4 Å². The lowest BCUT2D eigenvalue weighted by Crippen LogP contribution is -2.23. The first-order valence-corrected chi connectivity index (χ1v) is 14.2. The minimum atomic E-state index is -4.40. The van der Waals surface area contributed by atoms with E-state index < -0.39 is 46.5 Å². The van der Waals surface area contributed by atoms with E-state index in [0.717, 1.165) is 37.3 Å². The second kappa shape index (κ2) is 13.1. The predicted molar refractivity (Wildman–Crippen MR) is 157 cm³/mol. The van der Waals surface area contributed by atoms with Gasteiger partial charge in [0.25, 0.3) is 0 Å². The van der Waals surface area contributed by atoms with E-state index in [0.29, 0.717) is 34.4 Å². The molecule has 0 aromatic heterocycles. The third-order valence-electron chi connectivity index (χ3n) is 7.40. The molecule has 232 valence electrons. The third kappa shape index (κ3) is 7.03. The number of benzene rings is 5. The molecule has 0 saturated heterocycles. The number of rotatable bonds is 10. The summed E-state index contributed by atoms with van der Waals surface area (Å²) >= 11 is 0. The normalized spacial score (nSPS) is 11.6. The van der Waals surface area contributed by atoms with Crippen LogP contribution >= 0.6 is 0 Å². The molecule has 45 heavy (non-hydrogen) atoms. The van der Waals surface area contributed by atoms with E-state index in [4.69, 9.17) is 0 Å². The molecule has 0 aliphatic heterocycles. The number of halogens is 8. The molecule has 1 nitrogen and oxygen atoms in total. The van der Waals surface area contributed by atoms with Gasteiger partial charge in [-0.15, -0.1) is 0 Å². The zero-order chi connectivity index (χ0) is 32.3. The molecule has 0 aliphatic rings. The van der Waals surface area contributed by atoms with E-state index in [1.165, 1.54) is 12.1 Å². The van der Waals surface area contributed by atoms with Crippen molar-refractivity contribution in [2.24, 2.45) is 0 Å². The molecule has 0 radical (unpaired) electrons. The molecular formula is C36H26F8O. The van der Waals surface area contributed by atoms with Gasteiger partial charge < -0.3 is 4.74 Å². The Morgan fingerprint density at radius 3 is 1.71 bits per heavy atom. The maximum atomic E-state index is 15.2. The van der Waals surface area contributed by atoms with Crippen LogP contribution in [0, 0.1) is 34.9 Å². The fourth-order valence-electron chi connectivity index (χ4n) is 5.01. The van der Waals surface area contributed by atoms with Crippen molar-refractivity contribution < 1.29 is 39.9 Å². The van der Waals surface area contributed by atoms with Gasteiger partial charge in [-0.2, -0.15) is 8.78 Å². The van der Waals surface area contributed by atoms with E-state index in [1.54, 1.807) is 42.5 Å². The Morgan fingerprint density at radius 2 is 1.09 bits per heavy atom. The summed E-state index contributed by atoms with van der Waals surface area (Å²) < 4.78 is 118. The largest absolute Gasteiger partial charge is 0.429 e. The summed E-state index contributed by atoms with van der Waals surface area (Å²) in [6.45, 7) is 2.11. The fourth-order valence-corrected chi connectivity index (χ4v) is 5.01. The monoisotopic (exact) mass is 626 g/mol. The van der Waals surface area contributed by atoms with Crippen LogP contribution < -0.4 is 4.74 Å². The van der Waals surface area contributed by atoms with E-state index in [2.05, 4.69) is 11.7 Å². The standard InChI is InChI=1S/C36H26F8O/c1-2-3-4-5-21-6-13-27(30(37)16-21)23-9-7-22(8-10-23)24-11-14-28(31(38)17-24)25-12-15-29(32(39)18-25)36(43,44)45-26-19-33(40)35(42)34(41)20-26/h6-20H,2-5H2,1H3. The SMILES string of the molecule is CCCCCc1ccc(-c2ccc(-c3ccc(-c4ccc(C(F)(F)Oc5cc(F)c(F)c(F)c5)c(F)c4)c(F)c3)cc2)c(F)c1. The lowest BCUT2D eigenvalue weighted by molar-refractivity contribution is -0.187. The number of ether oxygens (including phenoxy) is 1. The van der Waals surface area contributed by atoms with Gasteiger partial charge in [-0.25, -0.2) is 26.3 Å². The van der Waals surface area contributed by atoms with Crippen molar-refractivity contribution in [3.8, 4) is 39.1 Å². The van der Waals surface area contributed by atoms with Gasteiger partial charge in [-0.1, -0.05) is 74.4 Å². The molecule has 5 aromatic rings. The summed E-state index contributed by atoms with van der Waals surface area (Å²) in [5.74, 6) is -9.01. The highest BCUT2D eigenvalue weighted by molar-refractivity contribution is 5.74. The first-order chi connectivity index (χ1) is 21.5. The second-order valence-corrected chi connectivity index (χ2v) is 10.6. The van der Waals surface area contributed by atoms with Gasteiger partial charge in [0.2, 0.25) is 0 Å². The number of aryl methyl sites for hydroxylation is 1. The van der Waals surface area contributed by atoms with Crippen molar-refractivity contribution in [3.05, 3.63) is 137 Å². The highest BCUT2D eigenvalue weighted by Crippen LogP contribution is 2.37. The van der Waals surface area contributed by atoms with Gasteiger partial charge in [0.05, 0.1) is 5.56 Å². The first-order valence-electron chi connectivity index (χ1n) is 14.2. The molecule has 0 unspecified atom stereocenters. The summed E-state index contributed by atoms with van der Waals surface area (Å²) in [4.78, 5) is 0. The van der Waals surface area contributed by atoms with Crippen molar-refractivity contribution in [2.45, 2.75) is 38.7 Å². The van der Waals surface area contributed by atoms with E-state index in [9.17, 15) is 30.7 Å². The molecule has 0 heterocycles. The van der Waals surface area contributed by atoms with Crippen molar-refractivity contribution >= 4 is 0 Å². The third-order valence-corrected chi connectivity index (χ3v) is 7.40. The molecule has 5 aromatic carbocycles. The minimum Gasteiger partial charge on any atom is -0.429 e. The zero-order valence-corrected chi connectivity index (χ0v) is 23.9. The lowest BCUT2D eigenvalue weighted by Gasteiger charge is -2.19. The Labute approximate surface area is 254 Å². The Bertz CT molecular complexity index is 1810. The van der Waals surface area contributed by atoms with E-state index >= 15 is 4.39 Å². The average molecular weight is 627 g/mol. The molecule has 9 heteroatoms. The number of hydrogen-bond acceptors (Lipinski definition) is 1. The smallest absolute Gasteiger partial charge is 0.429 e. The minimum absolute atomic E-state index is 0.0565. The van der Waals surface area contributed by atoms with Gasteiger partial charge in [0, 0.05) is 23.3 Å². The summed E-state index contributed by atoms with van der Waals surface area (Å²) in [5, 5.41) is 0. The van der Waals surface area contributed by atoms with Crippen LogP contribution in [0.2, 0.25) is 0 Å². The lowest BCUT2D eigenvalue weighted by atomic mass is 9.96. The van der Waals surface area contributed by atoms with Crippen molar-refractivity contribution in [1.82, 2.24) is 0 Å². The quantitative estimate of drug-likeness (QED) is 0.0852. The van der Waals surface area contributed by atoms with E-state index in [1.807, 2.05) is 6.07 Å². The number of unbranched alkanes of at least 4 members (excludes halogenated alkanes) is 2. The van der Waals surface area contributed by atoms with Crippen LogP contribution in [0.3, 0.4) is 0 Å².